The minimum atomic E-state index is -4.33. The minimum absolute atomic E-state index is 0.158. The maximum atomic E-state index is 10.8. The molecule has 0 N–H and O–H groups in total. The topological polar surface area (TPSA) is 57.2 Å². The van der Waals surface area contributed by atoms with Gasteiger partial charge in [0.15, 0.2) is 0 Å². The van der Waals surface area contributed by atoms with Crippen molar-refractivity contribution in [2.75, 3.05) is 0 Å². The lowest BCUT2D eigenvalue weighted by Crippen LogP contribution is -2.07. The minimum Gasteiger partial charge on any atom is -0.744 e. The van der Waals surface area contributed by atoms with E-state index in [0.29, 0.717) is 11.3 Å². The second kappa shape index (κ2) is 5.41. The first-order chi connectivity index (χ1) is 8.09. The summed E-state index contributed by atoms with van der Waals surface area (Å²) < 4.78 is 32.4. The summed E-state index contributed by atoms with van der Waals surface area (Å²) in [4.78, 5) is -0.158. The summed E-state index contributed by atoms with van der Waals surface area (Å²) in [5.41, 5.74) is 1.37. The number of hydrogen-bond donors (Lipinski definition) is 0. The lowest BCUT2D eigenvalue weighted by atomic mass is 9.85. The molecule has 1 atom stereocenters. The second-order valence-electron chi connectivity index (χ2n) is 6.02. The Morgan fingerprint density at radius 3 is 2.06 bits per heavy atom. The van der Waals surface area contributed by atoms with Crippen molar-refractivity contribution in [3.05, 3.63) is 29.8 Å². The highest BCUT2D eigenvalue weighted by Gasteiger charge is 2.14. The molecule has 0 fully saturated rings. The van der Waals surface area contributed by atoms with Crippen LogP contribution in [0.3, 0.4) is 0 Å². The van der Waals surface area contributed by atoms with E-state index in [2.05, 4.69) is 27.7 Å². The summed E-state index contributed by atoms with van der Waals surface area (Å²) >= 11 is 0. The van der Waals surface area contributed by atoms with Gasteiger partial charge in [-0.2, -0.15) is 0 Å². The number of hydrogen-bond acceptors (Lipinski definition) is 3. The Hall–Kier alpha value is -0.870. The maximum Gasteiger partial charge on any atom is 0.124 e. The second-order valence-corrected chi connectivity index (χ2v) is 7.40. The molecule has 0 aliphatic carbocycles. The molecule has 0 heterocycles. The molecule has 3 nitrogen and oxygen atoms in total. The highest BCUT2D eigenvalue weighted by Crippen LogP contribution is 2.28. The van der Waals surface area contributed by atoms with Crippen LogP contribution in [-0.2, 0) is 10.1 Å². The molecule has 0 spiro atoms. The fourth-order valence-electron chi connectivity index (χ4n) is 1.78. The van der Waals surface area contributed by atoms with E-state index in [4.69, 9.17) is 0 Å². The highest BCUT2D eigenvalue weighted by atomic mass is 32.2. The van der Waals surface area contributed by atoms with Crippen molar-refractivity contribution < 1.29 is 13.0 Å². The average Bonchev–Trinajstić information content (AvgIpc) is 2.24. The maximum absolute atomic E-state index is 10.8. The van der Waals surface area contributed by atoms with Crippen LogP contribution in [0.15, 0.2) is 29.2 Å². The molecule has 102 valence electrons. The Balaban J connectivity index is 2.74. The van der Waals surface area contributed by atoms with Crippen molar-refractivity contribution in [1.82, 2.24) is 0 Å². The van der Waals surface area contributed by atoms with Crippen molar-refractivity contribution >= 4 is 10.1 Å². The Morgan fingerprint density at radius 1 is 1.17 bits per heavy atom. The predicted molar refractivity (Wildman–Crippen MR) is 71.5 cm³/mol. The Kier molecular flexibility index (Phi) is 4.56. The van der Waals surface area contributed by atoms with E-state index < -0.39 is 10.1 Å². The third kappa shape index (κ3) is 4.78. The molecule has 1 aromatic rings. The van der Waals surface area contributed by atoms with E-state index in [1.54, 1.807) is 12.1 Å². The van der Waals surface area contributed by atoms with Crippen LogP contribution in [0.1, 0.15) is 52.0 Å². The quantitative estimate of drug-likeness (QED) is 0.786. The summed E-state index contributed by atoms with van der Waals surface area (Å²) in [6.07, 6.45) is 2.16. The molecule has 0 saturated heterocycles. The lowest BCUT2D eigenvalue weighted by molar-refractivity contribution is 0.352. The largest absolute Gasteiger partial charge is 0.744 e. The van der Waals surface area contributed by atoms with Gasteiger partial charge in [-0.1, -0.05) is 39.8 Å². The summed E-state index contributed by atoms with van der Waals surface area (Å²) in [6.45, 7) is 8.72. The molecule has 0 bridgehead atoms. The highest BCUT2D eigenvalue weighted by molar-refractivity contribution is 7.85. The molecule has 4 heteroatoms. The van der Waals surface area contributed by atoms with Crippen LogP contribution < -0.4 is 0 Å². The number of rotatable bonds is 4. The molecule has 18 heavy (non-hydrogen) atoms. The van der Waals surface area contributed by atoms with Gasteiger partial charge in [-0.15, -0.1) is 0 Å². The van der Waals surface area contributed by atoms with E-state index in [0.717, 1.165) is 18.4 Å². The van der Waals surface area contributed by atoms with E-state index >= 15 is 0 Å². The van der Waals surface area contributed by atoms with Gasteiger partial charge in [0.2, 0.25) is 0 Å². The van der Waals surface area contributed by atoms with Gasteiger partial charge in [-0.25, -0.2) is 8.42 Å². The third-order valence-corrected chi connectivity index (χ3v) is 3.91. The van der Waals surface area contributed by atoms with Crippen LogP contribution in [0.25, 0.3) is 0 Å². The van der Waals surface area contributed by atoms with Crippen molar-refractivity contribution in [1.29, 1.82) is 0 Å². The van der Waals surface area contributed by atoms with Gasteiger partial charge in [-0.3, -0.25) is 0 Å². The number of benzene rings is 1. The molecule has 1 rings (SSSR count). The molecule has 0 radical (unpaired) electrons. The SMILES string of the molecule is CC(CCC(C)(C)C)c1ccc(S(=O)(=O)[O-])cc1. The molecule has 0 aliphatic rings. The van der Waals surface area contributed by atoms with Gasteiger partial charge in [-0.05, 0) is 41.9 Å². The first-order valence-corrected chi connectivity index (χ1v) is 7.56. The standard InChI is InChI=1S/C14H22O3S/c1-11(9-10-14(2,3)4)12-5-7-13(8-6-12)18(15,16)17/h5-8,11H,9-10H2,1-4H3,(H,15,16,17)/p-1. The van der Waals surface area contributed by atoms with Gasteiger partial charge in [0.05, 0.1) is 4.90 Å². The molecule has 1 unspecified atom stereocenters. The summed E-state index contributed by atoms with van der Waals surface area (Å²) in [5, 5.41) is 0. The Labute approximate surface area is 110 Å². The summed E-state index contributed by atoms with van der Waals surface area (Å²) in [5.74, 6) is 0.368. The molecule has 0 aliphatic heterocycles. The molecule has 0 saturated carbocycles. The summed E-state index contributed by atoms with van der Waals surface area (Å²) in [6, 6.07) is 6.26. The fourth-order valence-corrected chi connectivity index (χ4v) is 2.25. The van der Waals surface area contributed by atoms with Gasteiger partial charge < -0.3 is 4.55 Å². The van der Waals surface area contributed by atoms with Crippen LogP contribution >= 0.6 is 0 Å². The van der Waals surface area contributed by atoms with Crippen LogP contribution in [0.4, 0.5) is 0 Å². The zero-order valence-corrected chi connectivity index (χ0v) is 12.3. The zero-order chi connectivity index (χ0) is 14.0. The Bertz CT molecular complexity index is 481. The van der Waals surface area contributed by atoms with E-state index in [1.807, 2.05) is 0 Å². The fraction of sp³-hybridized carbons (Fsp3) is 0.571. The van der Waals surface area contributed by atoms with E-state index in [9.17, 15) is 13.0 Å². The van der Waals surface area contributed by atoms with Crippen LogP contribution in [0.2, 0.25) is 0 Å². The molecule has 0 amide bonds. The first-order valence-electron chi connectivity index (χ1n) is 6.15. The van der Waals surface area contributed by atoms with Crippen LogP contribution in [0, 0.1) is 5.41 Å². The lowest BCUT2D eigenvalue weighted by Gasteiger charge is -2.21. The van der Waals surface area contributed by atoms with Gasteiger partial charge in [0.1, 0.15) is 10.1 Å². The molecule has 0 aromatic heterocycles. The normalized spacial score (nSPS) is 14.5. The smallest absolute Gasteiger partial charge is 0.124 e. The van der Waals surface area contributed by atoms with Crippen LogP contribution in [0.5, 0.6) is 0 Å². The van der Waals surface area contributed by atoms with Gasteiger partial charge in [0, 0.05) is 0 Å². The van der Waals surface area contributed by atoms with Crippen molar-refractivity contribution in [3.8, 4) is 0 Å². The molecular formula is C14H21O3S-. The van der Waals surface area contributed by atoms with E-state index in [1.165, 1.54) is 12.1 Å². The zero-order valence-electron chi connectivity index (χ0n) is 11.4. The molecule has 1 aromatic carbocycles. The van der Waals surface area contributed by atoms with Gasteiger partial charge in [0.25, 0.3) is 0 Å². The van der Waals surface area contributed by atoms with Gasteiger partial charge >= 0.3 is 0 Å². The monoisotopic (exact) mass is 269 g/mol. The van der Waals surface area contributed by atoms with Crippen molar-refractivity contribution in [3.63, 3.8) is 0 Å². The summed E-state index contributed by atoms with van der Waals surface area (Å²) in [7, 11) is -4.33. The average molecular weight is 269 g/mol. The third-order valence-electron chi connectivity index (χ3n) is 3.07. The van der Waals surface area contributed by atoms with Crippen LogP contribution in [-0.4, -0.2) is 13.0 Å². The van der Waals surface area contributed by atoms with E-state index in [-0.39, 0.29) is 4.90 Å². The van der Waals surface area contributed by atoms with Crippen molar-refractivity contribution in [2.24, 2.45) is 5.41 Å². The molecular weight excluding hydrogens is 248 g/mol. The van der Waals surface area contributed by atoms with Crippen molar-refractivity contribution in [2.45, 2.75) is 51.3 Å². The first kappa shape index (κ1) is 15.2. The Morgan fingerprint density at radius 2 is 1.67 bits per heavy atom. The predicted octanol–water partition coefficient (Wildman–Crippen LogP) is 3.52.